The van der Waals surface area contributed by atoms with Crippen LogP contribution in [0, 0.1) is 0 Å². The van der Waals surface area contributed by atoms with Gasteiger partial charge in [0.1, 0.15) is 12.2 Å². The average molecular weight is 425 g/mol. The van der Waals surface area contributed by atoms with E-state index in [1.54, 1.807) is 30.5 Å². The molecule has 0 unspecified atom stereocenters. The molecule has 32 heavy (non-hydrogen) atoms. The molecule has 2 amide bonds. The number of hydrogen-bond donors (Lipinski definition) is 2. The molecule has 0 saturated carbocycles. The number of amides is 2. The van der Waals surface area contributed by atoms with Crippen molar-refractivity contribution in [3.63, 3.8) is 0 Å². The number of nitrogens with one attached hydrogen (secondary N) is 2. The SMILES string of the molecule is CCOc1ccc(NC(=O)CC(=O)NN=Cc2c3ccccc3cc3ccccc23)cc1. The number of nitrogens with zero attached hydrogens (tertiary/aromatic N) is 1. The Bertz CT molecular complexity index is 1240. The quantitative estimate of drug-likeness (QED) is 0.192. The molecule has 0 aromatic heterocycles. The first-order valence-electron chi connectivity index (χ1n) is 10.4. The van der Waals surface area contributed by atoms with Gasteiger partial charge in [-0.05, 0) is 58.8 Å². The Balaban J connectivity index is 1.42. The molecule has 0 aliphatic heterocycles. The standard InChI is InChI=1S/C26H23N3O3/c1-2-32-21-13-11-20(12-14-21)28-25(30)16-26(31)29-27-17-24-22-9-5-3-7-18(22)15-19-8-4-6-10-23(19)24/h3-15,17H,2,16H2,1H3,(H,28,30)(H,29,31). The summed E-state index contributed by atoms with van der Waals surface area (Å²) in [5.74, 6) is -0.190. The molecule has 2 N–H and O–H groups in total. The second-order valence-electron chi connectivity index (χ2n) is 7.21. The second-order valence-corrected chi connectivity index (χ2v) is 7.21. The topological polar surface area (TPSA) is 79.8 Å². The van der Waals surface area contributed by atoms with Crippen molar-refractivity contribution >= 4 is 45.3 Å². The Kier molecular flexibility index (Phi) is 6.41. The summed E-state index contributed by atoms with van der Waals surface area (Å²) in [4.78, 5) is 24.4. The van der Waals surface area contributed by atoms with Gasteiger partial charge < -0.3 is 10.1 Å². The summed E-state index contributed by atoms with van der Waals surface area (Å²) in [6.07, 6.45) is 1.30. The fourth-order valence-corrected chi connectivity index (χ4v) is 3.55. The molecule has 4 aromatic rings. The van der Waals surface area contributed by atoms with Crippen molar-refractivity contribution in [2.45, 2.75) is 13.3 Å². The molecule has 0 heterocycles. The summed E-state index contributed by atoms with van der Waals surface area (Å²) in [6, 6.07) is 25.2. The number of rotatable bonds is 7. The molecule has 0 radical (unpaired) electrons. The molecule has 4 rings (SSSR count). The molecular weight excluding hydrogens is 402 g/mol. The van der Waals surface area contributed by atoms with Crippen molar-refractivity contribution in [3.8, 4) is 5.75 Å². The zero-order valence-corrected chi connectivity index (χ0v) is 17.7. The molecule has 160 valence electrons. The van der Waals surface area contributed by atoms with Crippen LogP contribution in [-0.2, 0) is 9.59 Å². The van der Waals surface area contributed by atoms with Gasteiger partial charge in [-0.25, -0.2) is 5.43 Å². The van der Waals surface area contributed by atoms with Crippen LogP contribution in [0.1, 0.15) is 18.9 Å². The van der Waals surface area contributed by atoms with Gasteiger partial charge in [0.2, 0.25) is 11.8 Å². The van der Waals surface area contributed by atoms with E-state index < -0.39 is 11.8 Å². The molecule has 0 bridgehead atoms. The summed E-state index contributed by atoms with van der Waals surface area (Å²) in [5, 5.41) is 11.1. The maximum Gasteiger partial charge on any atom is 0.249 e. The lowest BCUT2D eigenvalue weighted by molar-refractivity contribution is -0.126. The van der Waals surface area contributed by atoms with Crippen molar-refractivity contribution in [2.75, 3.05) is 11.9 Å². The molecule has 6 nitrogen and oxygen atoms in total. The van der Waals surface area contributed by atoms with Crippen LogP contribution in [0.4, 0.5) is 5.69 Å². The van der Waals surface area contributed by atoms with E-state index in [-0.39, 0.29) is 6.42 Å². The average Bonchev–Trinajstić information content (AvgIpc) is 2.80. The van der Waals surface area contributed by atoms with Crippen LogP contribution in [0.2, 0.25) is 0 Å². The van der Waals surface area contributed by atoms with Crippen LogP contribution in [0.3, 0.4) is 0 Å². The van der Waals surface area contributed by atoms with Crippen LogP contribution in [-0.4, -0.2) is 24.6 Å². The van der Waals surface area contributed by atoms with Gasteiger partial charge in [-0.1, -0.05) is 48.5 Å². The van der Waals surface area contributed by atoms with Crippen LogP contribution < -0.4 is 15.5 Å². The Morgan fingerprint density at radius 3 is 2.12 bits per heavy atom. The smallest absolute Gasteiger partial charge is 0.249 e. The lowest BCUT2D eigenvalue weighted by Crippen LogP contribution is -2.24. The highest BCUT2D eigenvalue weighted by Gasteiger charge is 2.10. The normalized spacial score (nSPS) is 11.0. The zero-order valence-electron chi connectivity index (χ0n) is 17.7. The Morgan fingerprint density at radius 2 is 1.50 bits per heavy atom. The summed E-state index contributed by atoms with van der Waals surface area (Å²) in [5.41, 5.74) is 3.96. The first kappa shape index (κ1) is 21.1. The molecule has 0 aliphatic rings. The molecule has 4 aromatic carbocycles. The van der Waals surface area contributed by atoms with Crippen molar-refractivity contribution in [1.82, 2.24) is 5.43 Å². The summed E-state index contributed by atoms with van der Waals surface area (Å²) in [6.45, 7) is 2.47. The van der Waals surface area contributed by atoms with Gasteiger partial charge in [0.25, 0.3) is 0 Å². The molecule has 0 aliphatic carbocycles. The third kappa shape index (κ3) is 4.92. The number of carbonyl (C=O) groups is 2. The predicted octanol–water partition coefficient (Wildman–Crippen LogP) is 4.87. The van der Waals surface area contributed by atoms with E-state index in [9.17, 15) is 9.59 Å². The highest BCUT2D eigenvalue weighted by molar-refractivity contribution is 6.13. The van der Waals surface area contributed by atoms with Gasteiger partial charge in [-0.2, -0.15) is 5.10 Å². The van der Waals surface area contributed by atoms with Gasteiger partial charge in [-0.15, -0.1) is 0 Å². The molecule has 0 atom stereocenters. The maximum atomic E-state index is 12.2. The number of ether oxygens (including phenoxy) is 1. The predicted molar refractivity (Wildman–Crippen MR) is 128 cm³/mol. The number of carbonyl (C=O) groups excluding carboxylic acids is 2. The van der Waals surface area contributed by atoms with Crippen LogP contribution >= 0.6 is 0 Å². The number of hydrazone groups is 1. The first-order chi connectivity index (χ1) is 15.6. The Labute approximate surface area is 185 Å². The van der Waals surface area contributed by atoms with E-state index in [1.165, 1.54) is 0 Å². The van der Waals surface area contributed by atoms with E-state index in [2.05, 4.69) is 21.9 Å². The molecular formula is C26H23N3O3. The minimum atomic E-state index is -0.491. The van der Waals surface area contributed by atoms with Gasteiger partial charge >= 0.3 is 0 Å². The largest absolute Gasteiger partial charge is 0.494 e. The fourth-order valence-electron chi connectivity index (χ4n) is 3.55. The Morgan fingerprint density at radius 1 is 0.875 bits per heavy atom. The Hall–Kier alpha value is -4.19. The molecule has 6 heteroatoms. The number of hydrogen-bond acceptors (Lipinski definition) is 4. The van der Waals surface area contributed by atoms with E-state index in [0.29, 0.717) is 12.3 Å². The van der Waals surface area contributed by atoms with Crippen LogP contribution in [0.25, 0.3) is 21.5 Å². The van der Waals surface area contributed by atoms with Gasteiger partial charge in [0, 0.05) is 11.3 Å². The number of anilines is 1. The number of fused-ring (bicyclic) bond motifs is 2. The van der Waals surface area contributed by atoms with Crippen LogP contribution in [0.15, 0.2) is 84.0 Å². The summed E-state index contributed by atoms with van der Waals surface area (Å²) < 4.78 is 5.37. The highest BCUT2D eigenvalue weighted by atomic mass is 16.5. The third-order valence-electron chi connectivity index (χ3n) is 4.97. The lowest BCUT2D eigenvalue weighted by atomic mass is 9.97. The van der Waals surface area contributed by atoms with Crippen LogP contribution in [0.5, 0.6) is 5.75 Å². The lowest BCUT2D eigenvalue weighted by Gasteiger charge is -2.08. The maximum absolute atomic E-state index is 12.2. The second kappa shape index (κ2) is 9.75. The third-order valence-corrected chi connectivity index (χ3v) is 4.97. The summed E-state index contributed by atoms with van der Waals surface area (Å²) in [7, 11) is 0. The zero-order chi connectivity index (χ0) is 22.3. The number of benzene rings is 4. The highest BCUT2D eigenvalue weighted by Crippen LogP contribution is 2.27. The monoisotopic (exact) mass is 425 g/mol. The minimum Gasteiger partial charge on any atom is -0.494 e. The van der Waals surface area contributed by atoms with Gasteiger partial charge in [-0.3, -0.25) is 9.59 Å². The van der Waals surface area contributed by atoms with E-state index in [0.717, 1.165) is 32.9 Å². The fraction of sp³-hybridized carbons (Fsp3) is 0.115. The molecule has 0 spiro atoms. The van der Waals surface area contributed by atoms with Crippen molar-refractivity contribution in [3.05, 3.63) is 84.4 Å². The van der Waals surface area contributed by atoms with E-state index >= 15 is 0 Å². The van der Waals surface area contributed by atoms with Crippen molar-refractivity contribution in [2.24, 2.45) is 5.10 Å². The van der Waals surface area contributed by atoms with E-state index in [1.807, 2.05) is 55.5 Å². The van der Waals surface area contributed by atoms with E-state index in [4.69, 9.17) is 4.74 Å². The minimum absolute atomic E-state index is 0.333. The molecule has 0 fully saturated rings. The summed E-state index contributed by atoms with van der Waals surface area (Å²) >= 11 is 0. The van der Waals surface area contributed by atoms with Gasteiger partial charge in [0.15, 0.2) is 0 Å². The molecule has 0 saturated heterocycles. The van der Waals surface area contributed by atoms with Crippen molar-refractivity contribution in [1.29, 1.82) is 0 Å². The van der Waals surface area contributed by atoms with Gasteiger partial charge in [0.05, 0.1) is 12.8 Å². The first-order valence-corrected chi connectivity index (χ1v) is 10.4. The van der Waals surface area contributed by atoms with Crippen molar-refractivity contribution < 1.29 is 14.3 Å².